The molecule has 10 heteroatoms. The van der Waals surface area contributed by atoms with E-state index < -0.39 is 11.9 Å². The van der Waals surface area contributed by atoms with Gasteiger partial charge in [-0.25, -0.2) is 4.79 Å². The van der Waals surface area contributed by atoms with Crippen LogP contribution in [0.3, 0.4) is 0 Å². The molecule has 4 rings (SSSR count). The second-order valence-electron chi connectivity index (χ2n) is 7.39. The lowest BCUT2D eigenvalue weighted by atomic mass is 10.0. The SMILES string of the molecule is O=C1CCC(N2Cc3ccc(C(=O)NC(=O)Nc4ccc(Cl)c(Cl)c4)cc3C2)C(=O)N1. The number of nitrogens with zero attached hydrogens (tertiary/aromatic N) is 1. The van der Waals surface area contributed by atoms with Crippen LogP contribution in [0, 0.1) is 0 Å². The van der Waals surface area contributed by atoms with E-state index in [0.29, 0.717) is 42.2 Å². The maximum absolute atomic E-state index is 12.5. The Morgan fingerprint density at radius 2 is 1.77 bits per heavy atom. The monoisotopic (exact) mass is 460 g/mol. The van der Waals surface area contributed by atoms with Crippen molar-refractivity contribution in [1.82, 2.24) is 15.5 Å². The number of urea groups is 1. The van der Waals surface area contributed by atoms with Gasteiger partial charge in [0.15, 0.2) is 0 Å². The van der Waals surface area contributed by atoms with Crippen LogP contribution >= 0.6 is 23.2 Å². The van der Waals surface area contributed by atoms with Crippen LogP contribution in [0.25, 0.3) is 0 Å². The Balaban J connectivity index is 1.39. The fraction of sp³-hybridized carbons (Fsp3) is 0.238. The Hall–Kier alpha value is -2.94. The summed E-state index contributed by atoms with van der Waals surface area (Å²) in [5.74, 6) is -1.10. The van der Waals surface area contributed by atoms with Crippen LogP contribution in [0.4, 0.5) is 10.5 Å². The molecule has 1 atom stereocenters. The number of imide groups is 2. The van der Waals surface area contributed by atoms with Gasteiger partial charge in [0.2, 0.25) is 11.8 Å². The number of halogens is 2. The topological polar surface area (TPSA) is 108 Å². The lowest BCUT2D eigenvalue weighted by Crippen LogP contribution is -2.50. The summed E-state index contributed by atoms with van der Waals surface area (Å²) in [4.78, 5) is 50.1. The van der Waals surface area contributed by atoms with Gasteiger partial charge in [0.1, 0.15) is 0 Å². The molecule has 5 amide bonds. The van der Waals surface area contributed by atoms with E-state index in [-0.39, 0.29) is 22.9 Å². The Kier molecular flexibility index (Phi) is 5.95. The predicted octanol–water partition coefficient (Wildman–Crippen LogP) is 3.08. The molecule has 0 bridgehead atoms. The number of anilines is 1. The second kappa shape index (κ2) is 8.66. The van der Waals surface area contributed by atoms with Crippen LogP contribution in [0.5, 0.6) is 0 Å². The molecule has 2 aromatic carbocycles. The lowest BCUT2D eigenvalue weighted by molar-refractivity contribution is -0.137. The van der Waals surface area contributed by atoms with Crippen molar-refractivity contribution in [2.75, 3.05) is 5.32 Å². The summed E-state index contributed by atoms with van der Waals surface area (Å²) in [7, 11) is 0. The van der Waals surface area contributed by atoms with Crippen molar-refractivity contribution in [3.8, 4) is 0 Å². The first kappa shape index (κ1) is 21.3. The number of amides is 5. The highest BCUT2D eigenvalue weighted by atomic mass is 35.5. The number of fused-ring (bicyclic) bond motifs is 1. The maximum atomic E-state index is 12.5. The summed E-state index contributed by atoms with van der Waals surface area (Å²) in [5.41, 5.74) is 2.63. The van der Waals surface area contributed by atoms with Gasteiger partial charge in [-0.2, -0.15) is 0 Å². The minimum absolute atomic E-state index is 0.254. The maximum Gasteiger partial charge on any atom is 0.326 e. The average molecular weight is 461 g/mol. The summed E-state index contributed by atoms with van der Waals surface area (Å²) in [6.07, 6.45) is 0.783. The molecule has 0 saturated carbocycles. The third-order valence-electron chi connectivity index (χ3n) is 5.27. The van der Waals surface area contributed by atoms with Gasteiger partial charge in [0.25, 0.3) is 5.91 Å². The number of carbonyl (C=O) groups is 4. The Morgan fingerprint density at radius 1 is 1.00 bits per heavy atom. The second-order valence-corrected chi connectivity index (χ2v) is 8.21. The van der Waals surface area contributed by atoms with Crippen LogP contribution < -0.4 is 16.0 Å². The molecule has 3 N–H and O–H groups in total. The van der Waals surface area contributed by atoms with Crippen molar-refractivity contribution in [3.63, 3.8) is 0 Å². The van der Waals surface area contributed by atoms with Crippen LogP contribution in [0.1, 0.15) is 34.3 Å². The number of rotatable bonds is 3. The number of benzene rings is 2. The van der Waals surface area contributed by atoms with E-state index in [9.17, 15) is 19.2 Å². The fourth-order valence-electron chi connectivity index (χ4n) is 3.72. The van der Waals surface area contributed by atoms with E-state index in [1.54, 1.807) is 18.2 Å². The predicted molar refractivity (Wildman–Crippen MR) is 115 cm³/mol. The third kappa shape index (κ3) is 4.71. The van der Waals surface area contributed by atoms with Crippen molar-refractivity contribution in [1.29, 1.82) is 0 Å². The molecule has 1 unspecified atom stereocenters. The van der Waals surface area contributed by atoms with E-state index in [0.717, 1.165) is 11.1 Å². The first-order valence-electron chi connectivity index (χ1n) is 9.57. The highest BCUT2D eigenvalue weighted by Gasteiger charge is 2.34. The summed E-state index contributed by atoms with van der Waals surface area (Å²) >= 11 is 11.8. The number of piperidine rings is 1. The third-order valence-corrected chi connectivity index (χ3v) is 6.01. The molecule has 2 aliphatic heterocycles. The van der Waals surface area contributed by atoms with E-state index in [1.165, 1.54) is 12.1 Å². The van der Waals surface area contributed by atoms with E-state index in [1.807, 2.05) is 11.0 Å². The summed E-state index contributed by atoms with van der Waals surface area (Å²) in [5, 5.41) is 7.81. The molecule has 2 aromatic rings. The van der Waals surface area contributed by atoms with Crippen molar-refractivity contribution >= 4 is 52.6 Å². The Bertz CT molecular complexity index is 1100. The molecule has 0 radical (unpaired) electrons. The minimum atomic E-state index is -0.700. The smallest absolute Gasteiger partial charge is 0.308 e. The van der Waals surface area contributed by atoms with Gasteiger partial charge < -0.3 is 5.32 Å². The quantitative estimate of drug-likeness (QED) is 0.609. The molecule has 8 nitrogen and oxygen atoms in total. The number of nitrogens with one attached hydrogen (secondary N) is 3. The van der Waals surface area contributed by atoms with Crippen molar-refractivity contribution < 1.29 is 19.2 Å². The lowest BCUT2D eigenvalue weighted by Gasteiger charge is -2.29. The average Bonchev–Trinajstić information content (AvgIpc) is 3.13. The Labute approximate surface area is 187 Å². The van der Waals surface area contributed by atoms with Crippen LogP contribution in [0.15, 0.2) is 36.4 Å². The van der Waals surface area contributed by atoms with E-state index in [4.69, 9.17) is 23.2 Å². The molecular formula is C21H18Cl2N4O4. The van der Waals surface area contributed by atoms with E-state index >= 15 is 0 Å². The first-order valence-corrected chi connectivity index (χ1v) is 10.3. The summed E-state index contributed by atoms with van der Waals surface area (Å²) in [6.45, 7) is 1.04. The van der Waals surface area contributed by atoms with Gasteiger partial charge >= 0.3 is 6.03 Å². The van der Waals surface area contributed by atoms with Crippen molar-refractivity contribution in [3.05, 3.63) is 63.1 Å². The zero-order valence-electron chi connectivity index (χ0n) is 16.2. The molecule has 0 aliphatic carbocycles. The highest BCUT2D eigenvalue weighted by Crippen LogP contribution is 2.28. The van der Waals surface area contributed by atoms with Gasteiger partial charge in [-0.15, -0.1) is 0 Å². The van der Waals surface area contributed by atoms with Crippen LogP contribution in [0.2, 0.25) is 10.0 Å². The Morgan fingerprint density at radius 3 is 2.52 bits per heavy atom. The number of hydrogen-bond donors (Lipinski definition) is 3. The molecule has 1 fully saturated rings. The first-order chi connectivity index (χ1) is 14.8. The molecular weight excluding hydrogens is 443 g/mol. The molecule has 2 aliphatic rings. The molecule has 2 heterocycles. The molecule has 0 aromatic heterocycles. The van der Waals surface area contributed by atoms with Crippen LogP contribution in [-0.4, -0.2) is 34.7 Å². The molecule has 31 heavy (non-hydrogen) atoms. The normalized spacial score (nSPS) is 18.3. The highest BCUT2D eigenvalue weighted by molar-refractivity contribution is 6.42. The van der Waals surface area contributed by atoms with E-state index in [2.05, 4.69) is 16.0 Å². The fourth-order valence-corrected chi connectivity index (χ4v) is 4.02. The van der Waals surface area contributed by atoms with Crippen LogP contribution in [-0.2, 0) is 22.7 Å². The van der Waals surface area contributed by atoms with Gasteiger partial charge in [-0.05, 0) is 47.9 Å². The number of carbonyl (C=O) groups excluding carboxylic acids is 4. The number of hydrogen-bond acceptors (Lipinski definition) is 5. The van der Waals surface area contributed by atoms with Gasteiger partial charge in [0, 0.05) is 30.8 Å². The van der Waals surface area contributed by atoms with Gasteiger partial charge in [0.05, 0.1) is 16.1 Å². The molecule has 0 spiro atoms. The van der Waals surface area contributed by atoms with Gasteiger partial charge in [-0.3, -0.25) is 29.9 Å². The zero-order valence-corrected chi connectivity index (χ0v) is 17.7. The molecule has 160 valence electrons. The standard InChI is InChI=1S/C21H18Cl2N4O4/c22-15-4-3-14(8-16(15)23)24-21(31)26-19(29)11-1-2-12-9-27(10-13(12)7-11)17-5-6-18(28)25-20(17)30/h1-4,7-8,17H,5-6,9-10H2,(H,25,28,30)(H2,24,26,29,31). The minimum Gasteiger partial charge on any atom is -0.308 e. The molecule has 1 saturated heterocycles. The summed E-state index contributed by atoms with van der Waals surface area (Å²) in [6, 6.07) is 8.67. The van der Waals surface area contributed by atoms with Crippen molar-refractivity contribution in [2.24, 2.45) is 0 Å². The largest absolute Gasteiger partial charge is 0.326 e. The summed E-state index contributed by atoms with van der Waals surface area (Å²) < 4.78 is 0. The zero-order chi connectivity index (χ0) is 22.1. The van der Waals surface area contributed by atoms with Gasteiger partial charge in [-0.1, -0.05) is 29.3 Å². The van der Waals surface area contributed by atoms with Crippen molar-refractivity contribution in [2.45, 2.75) is 32.0 Å².